The number of methoxy groups -OCH3 is 1. The fourth-order valence-corrected chi connectivity index (χ4v) is 9.77. The van der Waals surface area contributed by atoms with E-state index in [4.69, 9.17) is 8.92 Å². The molecule has 0 spiro atoms. The van der Waals surface area contributed by atoms with Gasteiger partial charge in [-0.05, 0) is 97.7 Å². The molecule has 2 N–H and O–H groups in total. The highest BCUT2D eigenvalue weighted by Crippen LogP contribution is 2.68. The fourth-order valence-electron chi connectivity index (χ4n) is 9.10. The van der Waals surface area contributed by atoms with Crippen LogP contribution in [0.4, 0.5) is 0 Å². The van der Waals surface area contributed by atoms with Gasteiger partial charge in [-0.3, -0.25) is 8.98 Å². The summed E-state index contributed by atoms with van der Waals surface area (Å²) < 4.78 is 33.6. The Balaban J connectivity index is 1.54. The second-order valence-electron chi connectivity index (χ2n) is 12.4. The smallest absolute Gasteiger partial charge is 0.305 e. The first-order chi connectivity index (χ1) is 15.8. The molecule has 4 aliphatic rings. The van der Waals surface area contributed by atoms with Gasteiger partial charge in [0.25, 0.3) is 10.1 Å². The summed E-state index contributed by atoms with van der Waals surface area (Å²) in [6.45, 7) is 6.72. The molecule has 7 nitrogen and oxygen atoms in total. The number of aliphatic hydroxyl groups excluding tert-OH is 2. The van der Waals surface area contributed by atoms with Crippen LogP contribution in [-0.2, 0) is 23.8 Å². The number of esters is 1. The van der Waals surface area contributed by atoms with Crippen molar-refractivity contribution in [2.75, 3.05) is 13.4 Å². The molecule has 8 heteroatoms. The van der Waals surface area contributed by atoms with Crippen LogP contribution in [-0.4, -0.2) is 56.3 Å². The number of hydrogen-bond acceptors (Lipinski definition) is 7. The number of carbonyl (C=O) groups excluding carboxylic acids is 1. The summed E-state index contributed by atoms with van der Waals surface area (Å²) in [5, 5.41) is 23.1. The van der Waals surface area contributed by atoms with Gasteiger partial charge in [0, 0.05) is 6.42 Å². The van der Waals surface area contributed by atoms with Crippen LogP contribution in [0.25, 0.3) is 0 Å². The van der Waals surface area contributed by atoms with E-state index in [9.17, 15) is 23.4 Å². The highest BCUT2D eigenvalue weighted by Gasteiger charge is 2.65. The maximum Gasteiger partial charge on any atom is 0.305 e. The van der Waals surface area contributed by atoms with E-state index < -0.39 is 22.3 Å². The molecule has 4 aliphatic carbocycles. The molecule has 0 amide bonds. The standard InChI is InChI=1S/C26H44O7S/c1-15(6-9-23(29)32-4)18-7-8-19-24-20(14-22(28)26(18,19)3)25(2)11-10-17(33-34(5,30)31)12-16(25)13-21(24)27/h15-22,24,27-28H,6-14H2,1-5H3/t15-,16?,17-,18?,19?,20?,21-,22+,24?,25+,26-/m1/s1. The number of aliphatic hydroxyl groups is 2. The zero-order chi connectivity index (χ0) is 25.1. The Hall–Kier alpha value is -0.700. The predicted molar refractivity (Wildman–Crippen MR) is 128 cm³/mol. The normalized spacial score (nSPS) is 47.3. The summed E-state index contributed by atoms with van der Waals surface area (Å²) in [5.74, 6) is 1.25. The summed E-state index contributed by atoms with van der Waals surface area (Å²) in [7, 11) is -2.08. The average molecular weight is 501 g/mol. The molecule has 34 heavy (non-hydrogen) atoms. The minimum Gasteiger partial charge on any atom is -0.469 e. The molecule has 0 heterocycles. The van der Waals surface area contributed by atoms with Crippen molar-refractivity contribution < 1.29 is 32.3 Å². The first kappa shape index (κ1) is 26.4. The minimum atomic E-state index is -3.50. The quantitative estimate of drug-likeness (QED) is 0.424. The van der Waals surface area contributed by atoms with Gasteiger partial charge in [-0.1, -0.05) is 20.8 Å². The fraction of sp³-hybridized carbons (Fsp3) is 0.962. The second-order valence-corrected chi connectivity index (χ2v) is 14.0. The van der Waals surface area contributed by atoms with Gasteiger partial charge in [-0.25, -0.2) is 0 Å². The van der Waals surface area contributed by atoms with Gasteiger partial charge in [0.05, 0.1) is 31.7 Å². The molecule has 0 aliphatic heterocycles. The average Bonchev–Trinajstić information content (AvgIpc) is 3.11. The van der Waals surface area contributed by atoms with Crippen molar-refractivity contribution in [2.24, 2.45) is 46.3 Å². The van der Waals surface area contributed by atoms with Crippen molar-refractivity contribution in [3.8, 4) is 0 Å². The van der Waals surface area contributed by atoms with Gasteiger partial charge in [0.1, 0.15) is 0 Å². The van der Waals surface area contributed by atoms with E-state index >= 15 is 0 Å². The van der Waals surface area contributed by atoms with Crippen LogP contribution in [0, 0.1) is 46.3 Å². The van der Waals surface area contributed by atoms with E-state index in [0.29, 0.717) is 43.9 Å². The van der Waals surface area contributed by atoms with E-state index in [1.165, 1.54) is 7.11 Å². The highest BCUT2D eigenvalue weighted by molar-refractivity contribution is 7.86. The molecule has 0 aromatic heterocycles. The first-order valence-corrected chi connectivity index (χ1v) is 14.9. The van der Waals surface area contributed by atoms with Gasteiger partial charge < -0.3 is 14.9 Å². The largest absolute Gasteiger partial charge is 0.469 e. The third-order valence-corrected chi connectivity index (χ3v) is 11.5. The van der Waals surface area contributed by atoms with Gasteiger partial charge in [-0.2, -0.15) is 8.42 Å². The number of carbonyl (C=O) groups is 1. The molecule has 4 saturated carbocycles. The van der Waals surface area contributed by atoms with Gasteiger partial charge in [0.2, 0.25) is 0 Å². The lowest BCUT2D eigenvalue weighted by Gasteiger charge is -2.63. The van der Waals surface area contributed by atoms with Gasteiger partial charge in [-0.15, -0.1) is 0 Å². The molecule has 0 aromatic carbocycles. The third-order valence-electron chi connectivity index (χ3n) is 10.8. The van der Waals surface area contributed by atoms with Crippen LogP contribution in [0.3, 0.4) is 0 Å². The van der Waals surface area contributed by atoms with Crippen LogP contribution in [0.1, 0.15) is 78.6 Å². The van der Waals surface area contributed by atoms with Gasteiger partial charge >= 0.3 is 5.97 Å². The molecule has 0 bridgehead atoms. The van der Waals surface area contributed by atoms with Crippen molar-refractivity contribution in [3.05, 3.63) is 0 Å². The lowest BCUT2D eigenvalue weighted by molar-refractivity contribution is -0.206. The summed E-state index contributed by atoms with van der Waals surface area (Å²) in [4.78, 5) is 11.7. The molecule has 0 radical (unpaired) electrons. The van der Waals surface area contributed by atoms with Crippen molar-refractivity contribution in [1.29, 1.82) is 0 Å². The molecule has 0 saturated heterocycles. The van der Waals surface area contributed by atoms with Gasteiger partial charge in [0.15, 0.2) is 0 Å². The summed E-state index contributed by atoms with van der Waals surface area (Å²) >= 11 is 0. The SMILES string of the molecule is COC(=O)CC[C@@H](C)C1CCC2C3C(C[C@H](O)[C@@]21C)[C@@]1(C)CC[C@@H](OS(C)(=O)=O)CC1C[C@H]3O. The zero-order valence-corrected chi connectivity index (χ0v) is 22.2. The van der Waals surface area contributed by atoms with Crippen molar-refractivity contribution in [1.82, 2.24) is 0 Å². The van der Waals surface area contributed by atoms with Crippen LogP contribution in [0.2, 0.25) is 0 Å². The number of ether oxygens (including phenoxy) is 1. The van der Waals surface area contributed by atoms with Crippen molar-refractivity contribution in [2.45, 2.75) is 96.9 Å². The van der Waals surface area contributed by atoms with Crippen LogP contribution < -0.4 is 0 Å². The Labute approximate surface area is 205 Å². The molecular formula is C26H44O7S. The molecule has 4 rings (SSSR count). The molecule has 196 valence electrons. The summed E-state index contributed by atoms with van der Waals surface area (Å²) in [6.07, 6.45) is 6.63. The first-order valence-electron chi connectivity index (χ1n) is 13.1. The highest BCUT2D eigenvalue weighted by atomic mass is 32.2. The molecule has 4 fully saturated rings. The lowest BCUT2D eigenvalue weighted by Crippen LogP contribution is -2.62. The van der Waals surface area contributed by atoms with E-state index in [2.05, 4.69) is 20.8 Å². The van der Waals surface area contributed by atoms with E-state index in [-0.39, 0.29) is 46.6 Å². The Morgan fingerprint density at radius 3 is 2.44 bits per heavy atom. The zero-order valence-electron chi connectivity index (χ0n) is 21.4. The predicted octanol–water partition coefficient (Wildman–Crippen LogP) is 3.52. The summed E-state index contributed by atoms with van der Waals surface area (Å²) in [5.41, 5.74) is -0.296. The number of rotatable bonds is 6. The third kappa shape index (κ3) is 4.46. The number of hydrogen-bond donors (Lipinski definition) is 2. The number of fused-ring (bicyclic) bond motifs is 5. The monoisotopic (exact) mass is 500 g/mol. The Kier molecular flexibility index (Phi) is 7.22. The Morgan fingerprint density at radius 1 is 1.09 bits per heavy atom. The maximum absolute atomic E-state index is 11.7. The Morgan fingerprint density at radius 2 is 1.79 bits per heavy atom. The van der Waals surface area contributed by atoms with Crippen LogP contribution in [0.15, 0.2) is 0 Å². The molecular weight excluding hydrogens is 456 g/mol. The van der Waals surface area contributed by atoms with Crippen LogP contribution >= 0.6 is 0 Å². The van der Waals surface area contributed by atoms with E-state index in [1.807, 2.05) is 0 Å². The lowest BCUT2D eigenvalue weighted by atomic mass is 9.43. The van der Waals surface area contributed by atoms with E-state index in [1.54, 1.807) is 0 Å². The topological polar surface area (TPSA) is 110 Å². The molecule has 0 aromatic rings. The second kappa shape index (κ2) is 9.31. The maximum atomic E-state index is 11.7. The minimum absolute atomic E-state index is 0.0296. The van der Waals surface area contributed by atoms with Crippen molar-refractivity contribution >= 4 is 16.1 Å². The summed E-state index contributed by atoms with van der Waals surface area (Å²) in [6, 6.07) is 0. The Bertz CT molecular complexity index is 874. The van der Waals surface area contributed by atoms with E-state index in [0.717, 1.165) is 31.9 Å². The van der Waals surface area contributed by atoms with Crippen LogP contribution in [0.5, 0.6) is 0 Å². The van der Waals surface area contributed by atoms with Crippen molar-refractivity contribution in [3.63, 3.8) is 0 Å². The molecule has 5 unspecified atom stereocenters. The molecule has 11 atom stereocenters.